The molecule has 8 nitrogen and oxygen atoms in total. The standard InChI is InChI=1S/C26H28N4O4S/c1-18-7-10-21(11-8-18)35(33,34)30-15-14-28-26(32)24(30)17-25(31)29-23-6-2-5-20-16-19(4-3-13-27)9-12-22(20)23/h3-4,7-12,16,23-24H,2,5-6,14-15,17H2,1H3,(H,28,32)(H,29,31)/t23-,24?/m1/s1. The minimum Gasteiger partial charge on any atom is -0.353 e. The number of benzene rings is 2. The summed E-state index contributed by atoms with van der Waals surface area (Å²) in [6.45, 7) is 2.16. The molecular weight excluding hydrogens is 464 g/mol. The Morgan fingerprint density at radius 1 is 1.26 bits per heavy atom. The molecule has 2 N–H and O–H groups in total. The zero-order valence-electron chi connectivity index (χ0n) is 19.5. The molecule has 1 aliphatic heterocycles. The molecule has 1 saturated heterocycles. The summed E-state index contributed by atoms with van der Waals surface area (Å²) < 4.78 is 27.7. The van der Waals surface area contributed by atoms with E-state index < -0.39 is 22.0 Å². The first-order valence-electron chi connectivity index (χ1n) is 11.6. The summed E-state index contributed by atoms with van der Waals surface area (Å²) in [6, 6.07) is 13.0. The summed E-state index contributed by atoms with van der Waals surface area (Å²) in [4.78, 5) is 25.8. The minimum atomic E-state index is -3.94. The van der Waals surface area contributed by atoms with Crippen LogP contribution in [0.4, 0.5) is 0 Å². The van der Waals surface area contributed by atoms with Gasteiger partial charge in [0.15, 0.2) is 0 Å². The van der Waals surface area contributed by atoms with Crippen LogP contribution in [0.25, 0.3) is 6.08 Å². The predicted octanol–water partition coefficient (Wildman–Crippen LogP) is 2.60. The molecule has 9 heteroatoms. The van der Waals surface area contributed by atoms with Gasteiger partial charge in [-0.1, -0.05) is 35.9 Å². The van der Waals surface area contributed by atoms with Gasteiger partial charge in [0.25, 0.3) is 0 Å². The van der Waals surface area contributed by atoms with Crippen molar-refractivity contribution < 1.29 is 18.0 Å². The molecule has 0 saturated carbocycles. The molecule has 0 bridgehead atoms. The molecule has 1 aliphatic carbocycles. The van der Waals surface area contributed by atoms with Crippen molar-refractivity contribution in [2.75, 3.05) is 13.1 Å². The zero-order valence-corrected chi connectivity index (χ0v) is 20.3. The largest absolute Gasteiger partial charge is 0.353 e. The number of nitriles is 1. The molecule has 0 radical (unpaired) electrons. The second-order valence-electron chi connectivity index (χ2n) is 8.87. The summed E-state index contributed by atoms with van der Waals surface area (Å²) in [5.74, 6) is -0.845. The van der Waals surface area contributed by atoms with Crippen molar-refractivity contribution in [1.29, 1.82) is 5.26 Å². The number of sulfonamides is 1. The Balaban J connectivity index is 1.51. The number of nitrogens with one attached hydrogen (secondary N) is 2. The number of fused-ring (bicyclic) bond motifs is 1. The molecule has 0 spiro atoms. The summed E-state index contributed by atoms with van der Waals surface area (Å²) in [5.41, 5.74) is 3.97. The zero-order chi connectivity index (χ0) is 25.0. The number of carbonyl (C=O) groups is 2. The highest BCUT2D eigenvalue weighted by atomic mass is 32.2. The second kappa shape index (κ2) is 10.4. The molecule has 2 amide bonds. The normalized spacial score (nSPS) is 20.6. The first-order chi connectivity index (χ1) is 16.8. The average Bonchev–Trinajstić information content (AvgIpc) is 2.84. The van der Waals surface area contributed by atoms with E-state index in [1.807, 2.05) is 31.2 Å². The van der Waals surface area contributed by atoms with Crippen molar-refractivity contribution in [2.24, 2.45) is 0 Å². The number of carbonyl (C=O) groups excluding carboxylic acids is 2. The Bertz CT molecular complexity index is 1300. The van der Waals surface area contributed by atoms with Gasteiger partial charge < -0.3 is 10.6 Å². The van der Waals surface area contributed by atoms with Crippen LogP contribution >= 0.6 is 0 Å². The molecule has 182 valence electrons. The number of rotatable bonds is 6. The van der Waals surface area contributed by atoms with Crippen LogP contribution in [-0.4, -0.2) is 43.7 Å². The first-order valence-corrected chi connectivity index (χ1v) is 13.1. The van der Waals surface area contributed by atoms with E-state index in [4.69, 9.17) is 5.26 Å². The molecule has 1 fully saturated rings. The van der Waals surface area contributed by atoms with Crippen LogP contribution < -0.4 is 10.6 Å². The van der Waals surface area contributed by atoms with Gasteiger partial charge in [-0.15, -0.1) is 0 Å². The molecule has 35 heavy (non-hydrogen) atoms. The molecular formula is C26H28N4O4S. The van der Waals surface area contributed by atoms with Crippen LogP contribution in [0.15, 0.2) is 53.4 Å². The van der Waals surface area contributed by atoms with Gasteiger partial charge >= 0.3 is 0 Å². The van der Waals surface area contributed by atoms with Gasteiger partial charge in [0.05, 0.1) is 23.4 Å². The monoisotopic (exact) mass is 492 g/mol. The third-order valence-electron chi connectivity index (χ3n) is 6.45. The Kier molecular flexibility index (Phi) is 7.34. The Labute approximate surface area is 205 Å². The number of nitrogens with zero attached hydrogens (tertiary/aromatic N) is 2. The highest BCUT2D eigenvalue weighted by Crippen LogP contribution is 2.31. The molecule has 2 aromatic carbocycles. The lowest BCUT2D eigenvalue weighted by atomic mass is 9.86. The lowest BCUT2D eigenvalue weighted by Crippen LogP contribution is -2.58. The van der Waals surface area contributed by atoms with Crippen LogP contribution in [-0.2, 0) is 26.0 Å². The summed E-state index contributed by atoms with van der Waals surface area (Å²) >= 11 is 0. The maximum absolute atomic E-state index is 13.3. The SMILES string of the molecule is Cc1ccc(S(=O)(=O)N2CCNC(=O)C2CC(=O)N[C@@H]2CCCc3cc(C=CC#N)ccc32)cc1. The quantitative estimate of drug-likeness (QED) is 0.601. The van der Waals surface area contributed by atoms with Crippen LogP contribution in [0.1, 0.15) is 47.6 Å². The molecule has 2 atom stereocenters. The average molecular weight is 493 g/mol. The van der Waals surface area contributed by atoms with Crippen molar-refractivity contribution in [3.05, 3.63) is 70.8 Å². The van der Waals surface area contributed by atoms with Gasteiger partial charge in [0.2, 0.25) is 21.8 Å². The van der Waals surface area contributed by atoms with Crippen molar-refractivity contribution in [3.63, 3.8) is 0 Å². The van der Waals surface area contributed by atoms with E-state index in [1.165, 1.54) is 18.2 Å². The number of aryl methyl sites for hydroxylation is 2. The fourth-order valence-corrected chi connectivity index (χ4v) is 6.26. The van der Waals surface area contributed by atoms with Crippen LogP contribution in [0.5, 0.6) is 0 Å². The molecule has 1 unspecified atom stereocenters. The fourth-order valence-electron chi connectivity index (χ4n) is 4.67. The third-order valence-corrected chi connectivity index (χ3v) is 8.38. The topological polar surface area (TPSA) is 119 Å². The molecule has 2 aromatic rings. The van der Waals surface area contributed by atoms with Gasteiger partial charge in [-0.25, -0.2) is 8.42 Å². The number of amides is 2. The van der Waals surface area contributed by atoms with E-state index in [0.717, 1.165) is 45.8 Å². The lowest BCUT2D eigenvalue weighted by molar-refractivity contribution is -0.132. The van der Waals surface area contributed by atoms with E-state index in [9.17, 15) is 18.0 Å². The molecule has 0 aromatic heterocycles. The van der Waals surface area contributed by atoms with Gasteiger partial charge in [-0.2, -0.15) is 9.57 Å². The Hall–Kier alpha value is -3.48. The third kappa shape index (κ3) is 5.45. The number of hydrogen-bond donors (Lipinski definition) is 2. The van der Waals surface area contributed by atoms with E-state index in [0.29, 0.717) is 0 Å². The van der Waals surface area contributed by atoms with Gasteiger partial charge in [0, 0.05) is 19.2 Å². The fraction of sp³-hybridized carbons (Fsp3) is 0.346. The Morgan fingerprint density at radius 2 is 2.03 bits per heavy atom. The predicted molar refractivity (Wildman–Crippen MR) is 131 cm³/mol. The van der Waals surface area contributed by atoms with Crippen LogP contribution in [0.2, 0.25) is 0 Å². The van der Waals surface area contributed by atoms with E-state index >= 15 is 0 Å². The van der Waals surface area contributed by atoms with Crippen LogP contribution in [0, 0.1) is 18.3 Å². The maximum atomic E-state index is 13.3. The molecule has 2 aliphatic rings. The van der Waals surface area contributed by atoms with E-state index in [2.05, 4.69) is 10.6 Å². The van der Waals surface area contributed by atoms with E-state index in [1.54, 1.807) is 18.2 Å². The van der Waals surface area contributed by atoms with E-state index in [-0.39, 0.29) is 36.4 Å². The summed E-state index contributed by atoms with van der Waals surface area (Å²) in [5, 5.41) is 14.5. The minimum absolute atomic E-state index is 0.102. The highest BCUT2D eigenvalue weighted by molar-refractivity contribution is 7.89. The molecule has 4 rings (SSSR count). The van der Waals surface area contributed by atoms with Crippen molar-refractivity contribution in [1.82, 2.24) is 14.9 Å². The van der Waals surface area contributed by atoms with Gasteiger partial charge in [-0.3, -0.25) is 9.59 Å². The van der Waals surface area contributed by atoms with Gasteiger partial charge in [-0.05, 0) is 61.1 Å². The number of hydrogen-bond acceptors (Lipinski definition) is 5. The van der Waals surface area contributed by atoms with Crippen LogP contribution in [0.3, 0.4) is 0 Å². The first kappa shape index (κ1) is 24.6. The van der Waals surface area contributed by atoms with Crippen molar-refractivity contribution >= 4 is 27.9 Å². The molecule has 1 heterocycles. The summed E-state index contributed by atoms with van der Waals surface area (Å²) in [7, 11) is -3.94. The Morgan fingerprint density at radius 3 is 2.77 bits per heavy atom. The number of allylic oxidation sites excluding steroid dienone is 1. The number of piperazine rings is 1. The lowest BCUT2D eigenvalue weighted by Gasteiger charge is -2.34. The van der Waals surface area contributed by atoms with Gasteiger partial charge in [0.1, 0.15) is 6.04 Å². The smallest absolute Gasteiger partial charge is 0.243 e. The maximum Gasteiger partial charge on any atom is 0.243 e. The van der Waals surface area contributed by atoms with Crippen molar-refractivity contribution in [3.8, 4) is 6.07 Å². The van der Waals surface area contributed by atoms with Crippen molar-refractivity contribution in [2.45, 2.75) is 49.6 Å². The second-order valence-corrected chi connectivity index (χ2v) is 10.8. The summed E-state index contributed by atoms with van der Waals surface area (Å²) in [6.07, 6.45) is 5.44. The highest BCUT2D eigenvalue weighted by Gasteiger charge is 2.40.